The lowest BCUT2D eigenvalue weighted by atomic mass is 10.3. The van der Waals surface area contributed by atoms with Crippen LogP contribution in [0.1, 0.15) is 11.4 Å². The molecule has 5 nitrogen and oxygen atoms in total. The summed E-state index contributed by atoms with van der Waals surface area (Å²) in [5, 5.41) is 5.58. The van der Waals surface area contributed by atoms with Crippen molar-refractivity contribution in [3.63, 3.8) is 0 Å². The molecular formula is C11H13N5S. The summed E-state index contributed by atoms with van der Waals surface area (Å²) in [4.78, 5) is 8.51. The maximum Gasteiger partial charge on any atom is 0.212 e. The second-order valence-corrected chi connectivity index (χ2v) is 4.88. The fraction of sp³-hybridized carbons (Fsp3) is 0.273. The van der Waals surface area contributed by atoms with E-state index in [1.807, 2.05) is 29.2 Å². The molecule has 0 aliphatic rings. The van der Waals surface area contributed by atoms with Crippen LogP contribution in [0.3, 0.4) is 0 Å². The highest BCUT2D eigenvalue weighted by atomic mass is 32.1. The molecule has 88 valence electrons. The zero-order valence-corrected chi connectivity index (χ0v) is 10.1. The first-order valence-corrected chi connectivity index (χ1v) is 6.37. The highest BCUT2D eigenvalue weighted by Crippen LogP contribution is 2.22. The average Bonchev–Trinajstić information content (AvgIpc) is 3.00. The summed E-state index contributed by atoms with van der Waals surface area (Å²) in [5.74, 6) is 0. The first-order chi connectivity index (χ1) is 8.36. The van der Waals surface area contributed by atoms with E-state index in [4.69, 9.17) is 5.73 Å². The molecule has 3 aromatic heterocycles. The summed E-state index contributed by atoms with van der Waals surface area (Å²) in [5.41, 5.74) is 7.53. The van der Waals surface area contributed by atoms with Gasteiger partial charge >= 0.3 is 0 Å². The number of nitrogens with zero attached hydrogens (tertiary/aromatic N) is 3. The van der Waals surface area contributed by atoms with Gasteiger partial charge in [-0.2, -0.15) is 5.10 Å². The summed E-state index contributed by atoms with van der Waals surface area (Å²) in [6, 6.07) is 2.00. The minimum absolute atomic E-state index is 0.705. The fourth-order valence-electron chi connectivity index (χ4n) is 1.72. The van der Waals surface area contributed by atoms with Gasteiger partial charge in [0.25, 0.3) is 0 Å². The Morgan fingerprint density at radius 3 is 3.12 bits per heavy atom. The molecule has 0 saturated heterocycles. The monoisotopic (exact) mass is 247 g/mol. The number of aryl methyl sites for hydroxylation is 1. The van der Waals surface area contributed by atoms with Gasteiger partial charge in [0.05, 0.1) is 11.9 Å². The molecule has 0 aliphatic carbocycles. The van der Waals surface area contributed by atoms with Crippen molar-refractivity contribution >= 4 is 16.3 Å². The zero-order valence-electron chi connectivity index (χ0n) is 9.26. The second kappa shape index (κ2) is 4.31. The molecule has 17 heavy (non-hydrogen) atoms. The zero-order chi connectivity index (χ0) is 11.7. The molecule has 0 bridgehead atoms. The Morgan fingerprint density at radius 2 is 2.41 bits per heavy atom. The molecule has 3 rings (SSSR count). The van der Waals surface area contributed by atoms with Gasteiger partial charge in [-0.15, -0.1) is 0 Å². The van der Waals surface area contributed by atoms with Crippen molar-refractivity contribution in [1.82, 2.24) is 19.6 Å². The second-order valence-electron chi connectivity index (χ2n) is 3.84. The van der Waals surface area contributed by atoms with Crippen LogP contribution >= 0.6 is 11.3 Å². The van der Waals surface area contributed by atoms with Gasteiger partial charge in [0.2, 0.25) is 4.96 Å². The number of fused-ring (bicyclic) bond motifs is 1. The van der Waals surface area contributed by atoms with E-state index in [1.54, 1.807) is 11.3 Å². The normalized spacial score (nSPS) is 11.4. The van der Waals surface area contributed by atoms with Crippen molar-refractivity contribution < 1.29 is 0 Å². The number of nitrogens with one attached hydrogen (secondary N) is 1. The number of nitrogens with two attached hydrogens (primary N) is 1. The number of H-pyrrole nitrogens is 1. The minimum Gasteiger partial charge on any atom is -0.367 e. The maximum atomic E-state index is 5.49. The van der Waals surface area contributed by atoms with E-state index >= 15 is 0 Å². The van der Waals surface area contributed by atoms with Crippen molar-refractivity contribution in [3.8, 4) is 11.3 Å². The number of rotatable bonds is 4. The lowest BCUT2D eigenvalue weighted by molar-refractivity contribution is 0.799. The van der Waals surface area contributed by atoms with Gasteiger partial charge in [0, 0.05) is 24.4 Å². The third-order valence-corrected chi connectivity index (χ3v) is 3.56. The van der Waals surface area contributed by atoms with E-state index in [0.29, 0.717) is 6.54 Å². The summed E-state index contributed by atoms with van der Waals surface area (Å²) >= 11 is 1.63. The number of aromatic nitrogens is 4. The van der Waals surface area contributed by atoms with Crippen molar-refractivity contribution in [1.29, 1.82) is 0 Å². The summed E-state index contributed by atoms with van der Waals surface area (Å²) in [7, 11) is 0. The smallest absolute Gasteiger partial charge is 0.212 e. The van der Waals surface area contributed by atoms with Crippen molar-refractivity contribution in [2.45, 2.75) is 12.8 Å². The molecule has 0 fully saturated rings. The Kier molecular flexibility index (Phi) is 2.66. The van der Waals surface area contributed by atoms with Crippen LogP contribution in [-0.2, 0) is 6.42 Å². The first-order valence-electron chi connectivity index (χ1n) is 5.55. The van der Waals surface area contributed by atoms with Crippen LogP contribution in [-0.4, -0.2) is 26.1 Å². The third-order valence-electron chi connectivity index (χ3n) is 2.57. The van der Waals surface area contributed by atoms with Gasteiger partial charge in [-0.25, -0.2) is 9.50 Å². The molecule has 0 aromatic carbocycles. The Balaban J connectivity index is 1.91. The average molecular weight is 247 g/mol. The molecule has 3 aromatic rings. The van der Waals surface area contributed by atoms with Crippen LogP contribution < -0.4 is 5.73 Å². The van der Waals surface area contributed by atoms with E-state index < -0.39 is 0 Å². The van der Waals surface area contributed by atoms with E-state index in [0.717, 1.165) is 34.1 Å². The van der Waals surface area contributed by atoms with E-state index in [-0.39, 0.29) is 0 Å². The molecule has 0 unspecified atom stereocenters. The highest BCUT2D eigenvalue weighted by Gasteiger charge is 2.09. The Bertz CT molecular complexity index is 575. The van der Waals surface area contributed by atoms with Crippen molar-refractivity contribution in [3.05, 3.63) is 29.7 Å². The Hall–Kier alpha value is -1.66. The van der Waals surface area contributed by atoms with Crippen molar-refractivity contribution in [2.75, 3.05) is 6.54 Å². The molecule has 0 atom stereocenters. The molecule has 0 spiro atoms. The van der Waals surface area contributed by atoms with Crippen molar-refractivity contribution in [2.24, 2.45) is 5.73 Å². The summed E-state index contributed by atoms with van der Waals surface area (Å²) in [6.45, 7) is 0.705. The predicted octanol–water partition coefficient (Wildman–Crippen LogP) is 1.68. The molecule has 0 saturated carbocycles. The first kappa shape index (κ1) is 10.5. The Labute approximate surface area is 102 Å². The maximum absolute atomic E-state index is 5.49. The number of imidazole rings is 1. The van der Waals surface area contributed by atoms with Crippen LogP contribution in [0, 0.1) is 0 Å². The highest BCUT2D eigenvalue weighted by molar-refractivity contribution is 7.16. The molecular weight excluding hydrogens is 234 g/mol. The van der Waals surface area contributed by atoms with Gasteiger partial charge < -0.3 is 10.7 Å². The van der Waals surface area contributed by atoms with E-state index in [2.05, 4.69) is 15.1 Å². The quantitative estimate of drug-likeness (QED) is 0.736. The van der Waals surface area contributed by atoms with Crippen LogP contribution in [0.4, 0.5) is 0 Å². The molecule has 0 aliphatic heterocycles. The lowest BCUT2D eigenvalue weighted by Gasteiger charge is -1.90. The van der Waals surface area contributed by atoms with Crippen LogP contribution in [0.5, 0.6) is 0 Å². The topological polar surface area (TPSA) is 72.0 Å². The number of hydrogen-bond donors (Lipinski definition) is 2. The molecule has 6 heteroatoms. The van der Waals surface area contributed by atoms with E-state index in [1.165, 1.54) is 0 Å². The van der Waals surface area contributed by atoms with Gasteiger partial charge in [0.15, 0.2) is 0 Å². The number of hydrogen-bond acceptors (Lipinski definition) is 4. The van der Waals surface area contributed by atoms with Gasteiger partial charge in [-0.3, -0.25) is 0 Å². The minimum atomic E-state index is 0.705. The fourth-order valence-corrected chi connectivity index (χ4v) is 2.63. The third kappa shape index (κ3) is 1.96. The van der Waals surface area contributed by atoms with Gasteiger partial charge in [-0.05, 0) is 19.0 Å². The number of aromatic amines is 1. The lowest BCUT2D eigenvalue weighted by Crippen LogP contribution is -2.00. The summed E-state index contributed by atoms with van der Waals surface area (Å²) < 4.78 is 1.85. The summed E-state index contributed by atoms with van der Waals surface area (Å²) in [6.07, 6.45) is 7.69. The standard InChI is InChI=1S/C11H13N5S/c12-4-1-2-10-15-16-7-9(14-11(16)17-10)8-3-5-13-6-8/h3,5-7,13H,1-2,4,12H2. The van der Waals surface area contributed by atoms with Gasteiger partial charge in [0.1, 0.15) is 5.01 Å². The molecule has 0 amide bonds. The van der Waals surface area contributed by atoms with Crippen LogP contribution in [0.15, 0.2) is 24.7 Å². The SMILES string of the molecule is NCCCc1nn2cc(-c3cc[nH]c3)nc2s1. The van der Waals surface area contributed by atoms with Crippen LogP contribution in [0.25, 0.3) is 16.2 Å². The predicted molar refractivity (Wildman–Crippen MR) is 68.0 cm³/mol. The van der Waals surface area contributed by atoms with Crippen LogP contribution in [0.2, 0.25) is 0 Å². The largest absolute Gasteiger partial charge is 0.367 e. The molecule has 0 radical (unpaired) electrons. The van der Waals surface area contributed by atoms with E-state index in [9.17, 15) is 0 Å². The molecule has 3 N–H and O–H groups in total. The molecule has 3 heterocycles. The Morgan fingerprint density at radius 1 is 1.47 bits per heavy atom. The van der Waals surface area contributed by atoms with Gasteiger partial charge in [-0.1, -0.05) is 11.3 Å².